The predicted molar refractivity (Wildman–Crippen MR) is 109 cm³/mol. The highest BCUT2D eigenvalue weighted by molar-refractivity contribution is 7.99. The van der Waals surface area contributed by atoms with Gasteiger partial charge in [0.15, 0.2) is 0 Å². The van der Waals surface area contributed by atoms with Crippen LogP contribution in [0.25, 0.3) is 0 Å². The van der Waals surface area contributed by atoms with Crippen molar-refractivity contribution < 1.29 is 23.5 Å². The van der Waals surface area contributed by atoms with Crippen molar-refractivity contribution >= 4 is 17.5 Å². The molecule has 0 unspecified atom stereocenters. The van der Waals surface area contributed by atoms with Crippen LogP contribution in [-0.4, -0.2) is 37.9 Å². The Balaban J connectivity index is 1.92. The van der Waals surface area contributed by atoms with Crippen LogP contribution in [0.5, 0.6) is 0 Å². The number of benzene rings is 2. The first-order chi connectivity index (χ1) is 14.0. The average molecular weight is 422 g/mol. The number of nitrogens with zero attached hydrogens (tertiary/aromatic N) is 1. The number of halogens is 2. The van der Waals surface area contributed by atoms with E-state index < -0.39 is 12.3 Å². The number of aryl methyl sites for hydroxylation is 1. The van der Waals surface area contributed by atoms with Crippen LogP contribution >= 0.6 is 11.8 Å². The minimum Gasteiger partial charge on any atom is -0.411 e. The molecule has 0 aromatic heterocycles. The highest BCUT2D eigenvalue weighted by atomic mass is 32.2. The summed E-state index contributed by atoms with van der Waals surface area (Å²) >= 11 is 1.41. The topological polar surface area (TPSA) is 51.0 Å². The normalized spacial score (nSPS) is 16.8. The molecular formula is C22H25F2NO3S. The third-order valence-corrected chi connectivity index (χ3v) is 6.27. The molecule has 4 nitrogen and oxygen atoms in total. The van der Waals surface area contributed by atoms with Crippen molar-refractivity contribution in [1.29, 1.82) is 0 Å². The number of oxime groups is 1. The van der Waals surface area contributed by atoms with Crippen molar-refractivity contribution in [2.45, 2.75) is 41.6 Å². The smallest absolute Gasteiger partial charge is 0.124 e. The predicted octanol–water partition coefficient (Wildman–Crippen LogP) is 5.34. The molecule has 0 aliphatic carbocycles. The second-order valence-corrected chi connectivity index (χ2v) is 8.18. The third kappa shape index (κ3) is 4.97. The van der Waals surface area contributed by atoms with E-state index in [0.29, 0.717) is 37.3 Å². The Hall–Kier alpha value is -1.96. The first kappa shape index (κ1) is 21.7. The Morgan fingerprint density at radius 1 is 1.21 bits per heavy atom. The fraction of sp³-hybridized carbons (Fsp3) is 0.409. The molecule has 1 fully saturated rings. The molecule has 29 heavy (non-hydrogen) atoms. The minimum atomic E-state index is -0.548. The van der Waals surface area contributed by atoms with Crippen molar-refractivity contribution in [2.75, 3.05) is 27.0 Å². The summed E-state index contributed by atoms with van der Waals surface area (Å²) in [5.74, 6) is -0.322. The standard InChI is InChI=1S/C22H25F2NO3S/c1-15(25-26)21-4-3-19(11-16(21)5-8-23)29-20-13-17(12-18(24)14-20)22(27-2)6-9-28-10-7-22/h3-4,11-14,26H,5-10H2,1-2H3/b25-15+. The number of alkyl halides is 1. The Kier molecular flexibility index (Phi) is 7.27. The Morgan fingerprint density at radius 3 is 2.62 bits per heavy atom. The molecule has 156 valence electrons. The van der Waals surface area contributed by atoms with Crippen molar-refractivity contribution in [3.8, 4) is 0 Å². The summed E-state index contributed by atoms with van der Waals surface area (Å²) in [7, 11) is 1.65. The summed E-state index contributed by atoms with van der Waals surface area (Å²) in [4.78, 5) is 1.60. The zero-order valence-electron chi connectivity index (χ0n) is 16.6. The van der Waals surface area contributed by atoms with E-state index in [9.17, 15) is 8.78 Å². The molecular weight excluding hydrogens is 396 g/mol. The molecule has 1 aliphatic heterocycles. The zero-order chi connectivity index (χ0) is 20.9. The van der Waals surface area contributed by atoms with Crippen molar-refractivity contribution in [1.82, 2.24) is 0 Å². The van der Waals surface area contributed by atoms with E-state index in [1.165, 1.54) is 23.9 Å². The molecule has 0 amide bonds. The van der Waals surface area contributed by atoms with E-state index in [2.05, 4.69) is 5.16 Å². The van der Waals surface area contributed by atoms with E-state index in [1.807, 2.05) is 18.2 Å². The molecule has 0 spiro atoms. The fourth-order valence-electron chi connectivity index (χ4n) is 3.68. The van der Waals surface area contributed by atoms with E-state index >= 15 is 0 Å². The minimum absolute atomic E-state index is 0.220. The van der Waals surface area contributed by atoms with Gasteiger partial charge in [-0.25, -0.2) is 4.39 Å². The van der Waals surface area contributed by atoms with E-state index in [1.54, 1.807) is 20.1 Å². The van der Waals surface area contributed by atoms with Crippen molar-refractivity contribution in [3.63, 3.8) is 0 Å². The van der Waals surface area contributed by atoms with Gasteiger partial charge in [-0.3, -0.25) is 4.39 Å². The number of hydrogen-bond acceptors (Lipinski definition) is 5. The molecule has 3 rings (SSSR count). The number of hydrogen-bond donors (Lipinski definition) is 1. The van der Waals surface area contributed by atoms with Gasteiger partial charge in [0.05, 0.1) is 18.0 Å². The first-order valence-electron chi connectivity index (χ1n) is 9.51. The van der Waals surface area contributed by atoms with Gasteiger partial charge in [0.1, 0.15) is 5.82 Å². The van der Waals surface area contributed by atoms with Gasteiger partial charge in [-0.05, 0) is 48.4 Å². The number of rotatable bonds is 7. The van der Waals surface area contributed by atoms with Gasteiger partial charge in [0.2, 0.25) is 0 Å². The first-order valence-corrected chi connectivity index (χ1v) is 10.3. The van der Waals surface area contributed by atoms with Crippen molar-refractivity contribution in [2.24, 2.45) is 5.16 Å². The molecule has 2 aromatic rings. The Labute approximate surface area is 173 Å². The lowest BCUT2D eigenvalue weighted by atomic mass is 9.86. The largest absolute Gasteiger partial charge is 0.411 e. The molecule has 0 atom stereocenters. The highest BCUT2D eigenvalue weighted by Crippen LogP contribution is 2.39. The summed E-state index contributed by atoms with van der Waals surface area (Å²) in [6.07, 6.45) is 1.57. The third-order valence-electron chi connectivity index (χ3n) is 5.30. The van der Waals surface area contributed by atoms with Crippen LogP contribution in [0.3, 0.4) is 0 Å². The molecule has 1 saturated heterocycles. The second-order valence-electron chi connectivity index (χ2n) is 7.03. The van der Waals surface area contributed by atoms with Gasteiger partial charge >= 0.3 is 0 Å². The van der Waals surface area contributed by atoms with E-state index in [-0.39, 0.29) is 12.2 Å². The highest BCUT2D eigenvalue weighted by Gasteiger charge is 2.35. The van der Waals surface area contributed by atoms with Gasteiger partial charge in [-0.15, -0.1) is 0 Å². The molecule has 1 heterocycles. The van der Waals surface area contributed by atoms with E-state index in [0.717, 1.165) is 20.9 Å². The van der Waals surface area contributed by atoms with Gasteiger partial charge in [0.25, 0.3) is 0 Å². The Bertz CT molecular complexity index is 882. The molecule has 0 radical (unpaired) electrons. The maximum absolute atomic E-state index is 14.4. The van der Waals surface area contributed by atoms with Crippen LogP contribution in [0, 0.1) is 5.82 Å². The van der Waals surface area contributed by atoms with Crippen LogP contribution in [0.15, 0.2) is 51.3 Å². The lowest BCUT2D eigenvalue weighted by Gasteiger charge is -2.36. The van der Waals surface area contributed by atoms with Gasteiger partial charge < -0.3 is 14.7 Å². The second kappa shape index (κ2) is 9.69. The van der Waals surface area contributed by atoms with Gasteiger partial charge in [-0.2, -0.15) is 0 Å². The van der Waals surface area contributed by atoms with Crippen LogP contribution in [0.2, 0.25) is 0 Å². The lowest BCUT2D eigenvalue weighted by Crippen LogP contribution is -2.35. The monoisotopic (exact) mass is 421 g/mol. The van der Waals surface area contributed by atoms with Gasteiger partial charge in [0, 0.05) is 54.9 Å². The summed E-state index contributed by atoms with van der Waals surface area (Å²) in [6.45, 7) is 2.31. The lowest BCUT2D eigenvalue weighted by molar-refractivity contribution is -0.0950. The van der Waals surface area contributed by atoms with Crippen LogP contribution < -0.4 is 0 Å². The SMILES string of the molecule is COC1(c2cc(F)cc(Sc3ccc(/C(C)=N/O)c(CCF)c3)c2)CCOCC1. The summed E-state index contributed by atoms with van der Waals surface area (Å²) < 4.78 is 38.6. The van der Waals surface area contributed by atoms with Crippen molar-refractivity contribution in [3.05, 3.63) is 58.9 Å². The summed E-state index contributed by atoms with van der Waals surface area (Å²) in [5, 5.41) is 12.3. The number of methoxy groups -OCH3 is 1. The summed E-state index contributed by atoms with van der Waals surface area (Å²) in [5.41, 5.74) is 2.14. The molecule has 2 aromatic carbocycles. The van der Waals surface area contributed by atoms with Gasteiger partial charge in [-0.1, -0.05) is 23.0 Å². The zero-order valence-corrected chi connectivity index (χ0v) is 17.4. The molecule has 7 heteroatoms. The van der Waals surface area contributed by atoms with Crippen LogP contribution in [-0.2, 0) is 21.5 Å². The van der Waals surface area contributed by atoms with Crippen LogP contribution in [0.4, 0.5) is 8.78 Å². The number of ether oxygens (including phenoxy) is 2. The quantitative estimate of drug-likeness (QED) is 0.373. The molecule has 0 saturated carbocycles. The average Bonchev–Trinajstić information content (AvgIpc) is 2.73. The van der Waals surface area contributed by atoms with Crippen LogP contribution in [0.1, 0.15) is 36.5 Å². The summed E-state index contributed by atoms with van der Waals surface area (Å²) in [6, 6.07) is 10.5. The maximum Gasteiger partial charge on any atom is 0.124 e. The molecule has 0 bridgehead atoms. The van der Waals surface area contributed by atoms with E-state index in [4.69, 9.17) is 14.7 Å². The Morgan fingerprint density at radius 2 is 1.97 bits per heavy atom. The fourth-order valence-corrected chi connectivity index (χ4v) is 4.65. The molecule has 1 N–H and O–H groups in total. The molecule has 1 aliphatic rings. The maximum atomic E-state index is 14.4.